The van der Waals surface area contributed by atoms with Crippen LogP contribution in [0.3, 0.4) is 0 Å². The van der Waals surface area contributed by atoms with Crippen LogP contribution in [0.15, 0.2) is 54.6 Å². The van der Waals surface area contributed by atoms with Gasteiger partial charge in [0.2, 0.25) is 0 Å². The molecular formula is C18H17N3O2. The number of phenolic OH excluding ortho intramolecular Hbond substituents is 1. The van der Waals surface area contributed by atoms with Crippen molar-refractivity contribution in [2.45, 2.75) is 13.8 Å². The average molecular weight is 307 g/mol. The molecule has 2 N–H and O–H groups in total. The molecule has 0 fully saturated rings. The second kappa shape index (κ2) is 5.96. The number of aromatic hydroxyl groups is 1. The Labute approximate surface area is 134 Å². The van der Waals surface area contributed by atoms with Gasteiger partial charge in [-0.15, -0.1) is 0 Å². The van der Waals surface area contributed by atoms with E-state index in [-0.39, 0.29) is 11.7 Å². The van der Waals surface area contributed by atoms with Gasteiger partial charge in [0.15, 0.2) is 0 Å². The lowest BCUT2D eigenvalue weighted by molar-refractivity contribution is 0.102. The molecule has 1 aromatic heterocycles. The van der Waals surface area contributed by atoms with Crippen molar-refractivity contribution < 1.29 is 9.90 Å². The highest BCUT2D eigenvalue weighted by atomic mass is 16.3. The predicted molar refractivity (Wildman–Crippen MR) is 89.1 cm³/mol. The van der Waals surface area contributed by atoms with E-state index in [9.17, 15) is 9.90 Å². The van der Waals surface area contributed by atoms with Gasteiger partial charge in [-0.05, 0) is 38.1 Å². The standard InChI is InChI=1S/C18H17N3O2/c1-12-17(18(23)19-14-7-6-10-16(22)11-14)13(2)21(20-12)15-8-4-3-5-9-15/h3-11,22H,1-2H3,(H,19,23). The molecule has 3 aromatic rings. The Bertz CT molecular complexity index is 854. The van der Waals surface area contributed by atoms with Gasteiger partial charge in [-0.3, -0.25) is 4.79 Å². The topological polar surface area (TPSA) is 67.2 Å². The van der Waals surface area contributed by atoms with Crippen molar-refractivity contribution in [2.75, 3.05) is 5.32 Å². The molecule has 0 saturated heterocycles. The summed E-state index contributed by atoms with van der Waals surface area (Å²) in [7, 11) is 0. The van der Waals surface area contributed by atoms with Gasteiger partial charge in [0.25, 0.3) is 5.91 Å². The summed E-state index contributed by atoms with van der Waals surface area (Å²) >= 11 is 0. The van der Waals surface area contributed by atoms with E-state index in [0.717, 1.165) is 11.4 Å². The highest BCUT2D eigenvalue weighted by Gasteiger charge is 2.19. The molecule has 0 saturated carbocycles. The van der Waals surface area contributed by atoms with Crippen molar-refractivity contribution in [2.24, 2.45) is 0 Å². The molecule has 1 amide bonds. The van der Waals surface area contributed by atoms with Crippen molar-refractivity contribution in [3.63, 3.8) is 0 Å². The number of carbonyl (C=O) groups excluding carboxylic acids is 1. The number of benzene rings is 2. The van der Waals surface area contributed by atoms with Crippen molar-refractivity contribution in [1.82, 2.24) is 9.78 Å². The maximum atomic E-state index is 12.6. The van der Waals surface area contributed by atoms with Gasteiger partial charge in [0.1, 0.15) is 5.75 Å². The van der Waals surface area contributed by atoms with E-state index in [2.05, 4.69) is 10.4 Å². The van der Waals surface area contributed by atoms with Crippen LogP contribution in [0.4, 0.5) is 5.69 Å². The number of hydrogen-bond acceptors (Lipinski definition) is 3. The van der Waals surface area contributed by atoms with Crippen LogP contribution < -0.4 is 5.32 Å². The number of carbonyl (C=O) groups is 1. The van der Waals surface area contributed by atoms with Gasteiger partial charge >= 0.3 is 0 Å². The summed E-state index contributed by atoms with van der Waals surface area (Å²) in [5, 5.41) is 16.8. The summed E-state index contributed by atoms with van der Waals surface area (Å²) in [5.41, 5.74) is 3.42. The predicted octanol–water partition coefficient (Wildman–Crippen LogP) is 3.45. The van der Waals surface area contributed by atoms with Gasteiger partial charge in [0.05, 0.1) is 22.6 Å². The third-order valence-electron chi connectivity index (χ3n) is 3.62. The molecule has 0 atom stereocenters. The molecule has 0 unspecified atom stereocenters. The Morgan fingerprint density at radius 1 is 1.09 bits per heavy atom. The zero-order valence-electron chi connectivity index (χ0n) is 12.9. The summed E-state index contributed by atoms with van der Waals surface area (Å²) in [6, 6.07) is 16.1. The number of anilines is 1. The summed E-state index contributed by atoms with van der Waals surface area (Å²) in [6.45, 7) is 3.67. The van der Waals surface area contributed by atoms with Crippen molar-refractivity contribution >= 4 is 11.6 Å². The van der Waals surface area contributed by atoms with Crippen LogP contribution >= 0.6 is 0 Å². The molecule has 2 aromatic carbocycles. The van der Waals surface area contributed by atoms with Gasteiger partial charge < -0.3 is 10.4 Å². The second-order valence-electron chi connectivity index (χ2n) is 5.30. The van der Waals surface area contributed by atoms with Crippen LogP contribution in [-0.4, -0.2) is 20.8 Å². The number of nitrogens with one attached hydrogen (secondary N) is 1. The van der Waals surface area contributed by atoms with Gasteiger partial charge in [-0.1, -0.05) is 24.3 Å². The van der Waals surface area contributed by atoms with Crippen LogP contribution in [0, 0.1) is 13.8 Å². The number of aromatic nitrogens is 2. The van der Waals surface area contributed by atoms with Crippen LogP contribution in [-0.2, 0) is 0 Å². The smallest absolute Gasteiger partial charge is 0.259 e. The van der Waals surface area contributed by atoms with Crippen LogP contribution in [0.5, 0.6) is 5.75 Å². The van der Waals surface area contributed by atoms with Crippen molar-refractivity contribution in [3.05, 3.63) is 71.5 Å². The van der Waals surface area contributed by atoms with Crippen molar-refractivity contribution in [3.8, 4) is 11.4 Å². The fourth-order valence-electron chi connectivity index (χ4n) is 2.57. The lowest BCUT2D eigenvalue weighted by Crippen LogP contribution is -2.14. The minimum absolute atomic E-state index is 0.108. The zero-order valence-corrected chi connectivity index (χ0v) is 12.9. The van der Waals surface area contributed by atoms with E-state index in [1.165, 1.54) is 6.07 Å². The van der Waals surface area contributed by atoms with Gasteiger partial charge in [0, 0.05) is 11.8 Å². The summed E-state index contributed by atoms with van der Waals surface area (Å²) < 4.78 is 1.76. The first-order valence-electron chi connectivity index (χ1n) is 7.28. The maximum absolute atomic E-state index is 12.6. The van der Waals surface area contributed by atoms with Gasteiger partial charge in [-0.25, -0.2) is 4.68 Å². The minimum atomic E-state index is -0.243. The maximum Gasteiger partial charge on any atom is 0.259 e. The summed E-state index contributed by atoms with van der Waals surface area (Å²) in [6.07, 6.45) is 0. The first-order chi connectivity index (χ1) is 11.1. The molecule has 0 bridgehead atoms. The van der Waals surface area contributed by atoms with Crippen molar-refractivity contribution in [1.29, 1.82) is 0 Å². The number of phenols is 1. The molecule has 23 heavy (non-hydrogen) atoms. The van der Waals surface area contributed by atoms with E-state index in [1.807, 2.05) is 44.2 Å². The Morgan fingerprint density at radius 3 is 2.52 bits per heavy atom. The molecule has 0 radical (unpaired) electrons. The lowest BCUT2D eigenvalue weighted by atomic mass is 10.1. The van der Waals surface area contributed by atoms with E-state index in [4.69, 9.17) is 0 Å². The first-order valence-corrected chi connectivity index (χ1v) is 7.28. The third-order valence-corrected chi connectivity index (χ3v) is 3.62. The van der Waals surface area contributed by atoms with E-state index in [0.29, 0.717) is 16.9 Å². The summed E-state index contributed by atoms with van der Waals surface area (Å²) in [5.74, 6) is -0.135. The van der Waals surface area contributed by atoms with E-state index >= 15 is 0 Å². The number of hydrogen-bond donors (Lipinski definition) is 2. The Morgan fingerprint density at radius 2 is 1.83 bits per heavy atom. The normalized spacial score (nSPS) is 10.5. The number of para-hydroxylation sites is 1. The monoisotopic (exact) mass is 307 g/mol. The van der Waals surface area contributed by atoms with Gasteiger partial charge in [-0.2, -0.15) is 5.10 Å². The molecule has 3 rings (SSSR count). The van der Waals surface area contributed by atoms with Crippen LogP contribution in [0.25, 0.3) is 5.69 Å². The van der Waals surface area contributed by atoms with Crippen LogP contribution in [0.1, 0.15) is 21.7 Å². The first kappa shape index (κ1) is 14.8. The molecule has 116 valence electrons. The Kier molecular flexibility index (Phi) is 3.85. The Balaban J connectivity index is 1.94. The molecular weight excluding hydrogens is 290 g/mol. The SMILES string of the molecule is Cc1nn(-c2ccccc2)c(C)c1C(=O)Nc1cccc(O)c1. The molecule has 5 nitrogen and oxygen atoms in total. The zero-order chi connectivity index (χ0) is 16.4. The number of aryl methyl sites for hydroxylation is 1. The fraction of sp³-hybridized carbons (Fsp3) is 0.111. The molecule has 0 aliphatic heterocycles. The number of amides is 1. The number of nitrogens with zero attached hydrogens (tertiary/aromatic N) is 2. The molecule has 5 heteroatoms. The lowest BCUT2D eigenvalue weighted by Gasteiger charge is -2.07. The largest absolute Gasteiger partial charge is 0.508 e. The van der Waals surface area contributed by atoms with E-state index < -0.39 is 0 Å². The second-order valence-corrected chi connectivity index (χ2v) is 5.30. The highest BCUT2D eigenvalue weighted by Crippen LogP contribution is 2.21. The molecule has 0 aliphatic carbocycles. The molecule has 0 spiro atoms. The summed E-state index contributed by atoms with van der Waals surface area (Å²) in [4.78, 5) is 12.6. The van der Waals surface area contributed by atoms with Crippen LogP contribution in [0.2, 0.25) is 0 Å². The number of rotatable bonds is 3. The minimum Gasteiger partial charge on any atom is -0.508 e. The Hall–Kier alpha value is -3.08. The fourth-order valence-corrected chi connectivity index (χ4v) is 2.57. The third kappa shape index (κ3) is 2.94. The average Bonchev–Trinajstić information content (AvgIpc) is 2.83. The molecule has 1 heterocycles. The quantitative estimate of drug-likeness (QED) is 0.779. The molecule has 0 aliphatic rings. The highest BCUT2D eigenvalue weighted by molar-refractivity contribution is 6.06. The van der Waals surface area contributed by atoms with E-state index in [1.54, 1.807) is 22.9 Å².